The van der Waals surface area contributed by atoms with Gasteiger partial charge in [0.25, 0.3) is 0 Å². The van der Waals surface area contributed by atoms with Crippen molar-refractivity contribution >= 4 is 29.8 Å². The number of carbonyl (C=O) groups excluding carboxylic acids is 5. The van der Waals surface area contributed by atoms with Gasteiger partial charge in [0.05, 0.1) is 37.6 Å². The topological polar surface area (TPSA) is 141 Å². The van der Waals surface area contributed by atoms with Gasteiger partial charge < -0.3 is 28.4 Å². The molecule has 0 aromatic heterocycles. The number of hydrogen-bond donors (Lipinski definition) is 0. The molecule has 0 aliphatic carbocycles. The minimum Gasteiger partial charge on any atom is -0.494 e. The number of hydrogen-bond acceptors (Lipinski definition) is 11. The van der Waals surface area contributed by atoms with Crippen LogP contribution in [0.3, 0.4) is 0 Å². The summed E-state index contributed by atoms with van der Waals surface area (Å²) in [4.78, 5) is 62.0. The van der Waals surface area contributed by atoms with Crippen LogP contribution < -0.4 is 14.2 Å². The highest BCUT2D eigenvalue weighted by Gasteiger charge is 2.21. The van der Waals surface area contributed by atoms with E-state index in [1.807, 2.05) is 6.92 Å². The molecule has 0 saturated heterocycles. The molecule has 3 rings (SSSR count). The highest BCUT2D eigenvalue weighted by atomic mass is 16.6. The van der Waals surface area contributed by atoms with Crippen LogP contribution in [0, 0.1) is 6.92 Å². The Bertz CT molecular complexity index is 1720. The monoisotopic (exact) mass is 728 g/mol. The number of esters is 5. The molecule has 0 radical (unpaired) electrons. The van der Waals surface area contributed by atoms with Crippen LogP contribution in [0.2, 0.25) is 0 Å². The van der Waals surface area contributed by atoms with E-state index in [-0.39, 0.29) is 41.8 Å². The molecule has 3 aromatic carbocycles. The van der Waals surface area contributed by atoms with Gasteiger partial charge in [-0.1, -0.05) is 30.9 Å². The van der Waals surface area contributed by atoms with Gasteiger partial charge in [-0.2, -0.15) is 0 Å². The summed E-state index contributed by atoms with van der Waals surface area (Å²) in [7, 11) is 0. The number of benzene rings is 3. The summed E-state index contributed by atoms with van der Waals surface area (Å²) >= 11 is 0. The Hall–Kier alpha value is -5.71. The van der Waals surface area contributed by atoms with E-state index in [0.29, 0.717) is 48.5 Å². The quantitative estimate of drug-likeness (QED) is 0.0324. The summed E-state index contributed by atoms with van der Waals surface area (Å²) < 4.78 is 32.6. The Morgan fingerprint density at radius 3 is 1.49 bits per heavy atom. The molecule has 0 spiro atoms. The molecular formula is C42H48O11. The molecule has 0 atom stereocenters. The summed E-state index contributed by atoms with van der Waals surface area (Å²) in [5, 5.41) is 0. The van der Waals surface area contributed by atoms with Crippen molar-refractivity contribution in [3.05, 3.63) is 113 Å². The van der Waals surface area contributed by atoms with Gasteiger partial charge in [0.2, 0.25) is 0 Å². The number of ether oxygens (including phenoxy) is 6. The Morgan fingerprint density at radius 1 is 0.509 bits per heavy atom. The maximum atomic E-state index is 13.2. The second kappa shape index (κ2) is 22.3. The Balaban J connectivity index is 1.54. The van der Waals surface area contributed by atoms with Gasteiger partial charge >= 0.3 is 29.8 Å². The predicted molar refractivity (Wildman–Crippen MR) is 198 cm³/mol. The van der Waals surface area contributed by atoms with E-state index in [4.69, 9.17) is 28.4 Å². The summed E-state index contributed by atoms with van der Waals surface area (Å²) in [6, 6.07) is 17.4. The van der Waals surface area contributed by atoms with Crippen LogP contribution in [0.4, 0.5) is 0 Å². The first-order chi connectivity index (χ1) is 25.4. The van der Waals surface area contributed by atoms with Crippen LogP contribution in [0.15, 0.2) is 91.0 Å². The number of rotatable bonds is 22. The van der Waals surface area contributed by atoms with Gasteiger partial charge in [-0.15, -0.1) is 0 Å². The molecule has 0 unspecified atom stereocenters. The summed E-state index contributed by atoms with van der Waals surface area (Å²) in [5.41, 5.74) is 2.17. The molecule has 0 fully saturated rings. The average molecular weight is 729 g/mol. The van der Waals surface area contributed by atoms with Crippen LogP contribution in [-0.4, -0.2) is 56.3 Å². The van der Waals surface area contributed by atoms with Crippen LogP contribution in [0.25, 0.3) is 0 Å². The molecule has 0 amide bonds. The Kier molecular flexibility index (Phi) is 17.5. The van der Waals surface area contributed by atoms with E-state index in [2.05, 4.69) is 13.2 Å². The second-order valence-corrected chi connectivity index (χ2v) is 12.5. The number of unbranched alkanes of at least 4 members (excludes halogenated alkanes) is 6. The Morgan fingerprint density at radius 2 is 0.962 bits per heavy atom. The maximum absolute atomic E-state index is 13.2. The van der Waals surface area contributed by atoms with Gasteiger partial charge in [-0.05, 0) is 127 Å². The maximum Gasteiger partial charge on any atom is 0.343 e. The zero-order chi connectivity index (χ0) is 38.6. The zero-order valence-corrected chi connectivity index (χ0v) is 30.7. The Labute approximate surface area is 310 Å². The molecule has 0 heterocycles. The van der Waals surface area contributed by atoms with Crippen molar-refractivity contribution in [3.8, 4) is 17.2 Å². The fourth-order valence-corrected chi connectivity index (χ4v) is 4.65. The van der Waals surface area contributed by atoms with E-state index in [9.17, 15) is 24.0 Å². The highest BCUT2D eigenvalue weighted by Crippen LogP contribution is 2.27. The van der Waals surface area contributed by atoms with E-state index in [1.54, 1.807) is 62.4 Å². The van der Waals surface area contributed by atoms with Crippen molar-refractivity contribution in [2.45, 2.75) is 72.1 Å². The molecule has 0 bridgehead atoms. The van der Waals surface area contributed by atoms with Crippen molar-refractivity contribution in [1.82, 2.24) is 0 Å². The van der Waals surface area contributed by atoms with Gasteiger partial charge in [0, 0.05) is 11.1 Å². The molecule has 0 aliphatic rings. The second-order valence-electron chi connectivity index (χ2n) is 12.5. The van der Waals surface area contributed by atoms with E-state index >= 15 is 0 Å². The predicted octanol–water partition coefficient (Wildman–Crippen LogP) is 8.33. The summed E-state index contributed by atoms with van der Waals surface area (Å²) in [5.74, 6) is -2.29. The van der Waals surface area contributed by atoms with E-state index < -0.39 is 23.9 Å². The molecule has 11 nitrogen and oxygen atoms in total. The first-order valence-corrected chi connectivity index (χ1v) is 17.6. The lowest BCUT2D eigenvalue weighted by Gasteiger charge is -2.13. The van der Waals surface area contributed by atoms with Gasteiger partial charge in [0.1, 0.15) is 22.8 Å². The molecule has 3 aromatic rings. The lowest BCUT2D eigenvalue weighted by atomic mass is 10.1. The summed E-state index contributed by atoms with van der Waals surface area (Å²) in [6.45, 7) is 13.4. The standard InChI is InChI=1S/C42H48O11/c1-29(2)38(43)49-25-11-7-6-10-24-48-34-20-18-33(19-21-34)40(45)52-35-22-23-37(53-41(46)32-16-14-31(5)15-17-32)36(28-35)42(47)51-27-13-9-8-12-26-50-39(44)30(3)4/h14-23,28H,1,3,6-13,24-27H2,2,4-5H3. The minimum absolute atomic E-state index is 0.0487. The first kappa shape index (κ1) is 41.7. The zero-order valence-electron chi connectivity index (χ0n) is 30.7. The van der Waals surface area contributed by atoms with Crippen LogP contribution in [0.1, 0.15) is 102 Å². The largest absolute Gasteiger partial charge is 0.494 e. The molecule has 0 saturated carbocycles. The van der Waals surface area contributed by atoms with E-state index in [0.717, 1.165) is 44.1 Å². The first-order valence-electron chi connectivity index (χ1n) is 17.6. The third kappa shape index (κ3) is 15.2. The third-order valence-electron chi connectivity index (χ3n) is 7.70. The van der Waals surface area contributed by atoms with Gasteiger partial charge in [-0.25, -0.2) is 24.0 Å². The summed E-state index contributed by atoms with van der Waals surface area (Å²) in [6.07, 6.45) is 6.08. The van der Waals surface area contributed by atoms with Gasteiger partial charge in [-0.3, -0.25) is 0 Å². The highest BCUT2D eigenvalue weighted by molar-refractivity contribution is 5.97. The van der Waals surface area contributed by atoms with Crippen LogP contribution >= 0.6 is 0 Å². The normalized spacial score (nSPS) is 10.5. The lowest BCUT2D eigenvalue weighted by molar-refractivity contribution is -0.139. The SMILES string of the molecule is C=C(C)C(=O)OCCCCCCOC(=O)c1cc(OC(=O)c2ccc(OCCCCCCOC(=O)C(=C)C)cc2)ccc1OC(=O)c1ccc(C)cc1. The van der Waals surface area contributed by atoms with Crippen molar-refractivity contribution in [2.75, 3.05) is 26.4 Å². The molecule has 53 heavy (non-hydrogen) atoms. The lowest BCUT2D eigenvalue weighted by Crippen LogP contribution is -2.14. The van der Waals surface area contributed by atoms with Crippen molar-refractivity contribution in [2.24, 2.45) is 0 Å². The fourth-order valence-electron chi connectivity index (χ4n) is 4.65. The molecule has 11 heteroatoms. The molecular weight excluding hydrogens is 680 g/mol. The molecule has 282 valence electrons. The van der Waals surface area contributed by atoms with Crippen molar-refractivity contribution in [1.29, 1.82) is 0 Å². The van der Waals surface area contributed by atoms with Crippen LogP contribution in [0.5, 0.6) is 17.2 Å². The fraction of sp³-hybridized carbons (Fsp3) is 0.357. The smallest absolute Gasteiger partial charge is 0.343 e. The average Bonchev–Trinajstić information content (AvgIpc) is 3.14. The van der Waals surface area contributed by atoms with Crippen molar-refractivity contribution < 1.29 is 52.4 Å². The van der Waals surface area contributed by atoms with Crippen molar-refractivity contribution in [3.63, 3.8) is 0 Å². The molecule has 0 aliphatic heterocycles. The number of carbonyl (C=O) groups is 5. The van der Waals surface area contributed by atoms with E-state index in [1.165, 1.54) is 18.2 Å². The van der Waals surface area contributed by atoms with Gasteiger partial charge in [0.15, 0.2) is 0 Å². The minimum atomic E-state index is -0.752. The molecule has 0 N–H and O–H groups in total. The van der Waals surface area contributed by atoms with Crippen LogP contribution in [-0.2, 0) is 23.8 Å². The number of aryl methyl sites for hydroxylation is 1. The third-order valence-corrected chi connectivity index (χ3v) is 7.70.